The molecule has 0 spiro atoms. The summed E-state index contributed by atoms with van der Waals surface area (Å²) >= 11 is 0. The lowest BCUT2D eigenvalue weighted by molar-refractivity contribution is -0.162. The van der Waals surface area contributed by atoms with Crippen molar-refractivity contribution in [3.63, 3.8) is 0 Å². The molecule has 2 fully saturated rings. The van der Waals surface area contributed by atoms with Gasteiger partial charge in [-0.3, -0.25) is 0 Å². The summed E-state index contributed by atoms with van der Waals surface area (Å²) in [5.41, 5.74) is -0.536. The molecule has 0 aromatic carbocycles. The van der Waals surface area contributed by atoms with Gasteiger partial charge in [-0.15, -0.1) is 0 Å². The lowest BCUT2D eigenvalue weighted by Gasteiger charge is -2.21. The molecule has 0 aromatic rings. The van der Waals surface area contributed by atoms with E-state index in [4.69, 9.17) is 9.47 Å². The zero-order valence-electron chi connectivity index (χ0n) is 10.3. The van der Waals surface area contributed by atoms with Gasteiger partial charge in [0.2, 0.25) is 0 Å². The Morgan fingerprint density at radius 3 is 2.29 bits per heavy atom. The molecule has 2 aliphatic carbocycles. The van der Waals surface area contributed by atoms with E-state index in [9.17, 15) is 13.6 Å². The third-order valence-electron chi connectivity index (χ3n) is 3.26. The van der Waals surface area contributed by atoms with Crippen molar-refractivity contribution in [3.05, 3.63) is 0 Å². The van der Waals surface area contributed by atoms with Crippen LogP contribution in [0.4, 0.5) is 8.78 Å². The van der Waals surface area contributed by atoms with Crippen LogP contribution in [0, 0.1) is 11.8 Å². The fourth-order valence-corrected chi connectivity index (χ4v) is 2.46. The van der Waals surface area contributed by atoms with Gasteiger partial charge in [0, 0.05) is 11.8 Å². The lowest BCUT2D eigenvalue weighted by Crippen LogP contribution is -2.28. The molecule has 5 heteroatoms. The number of carbonyl (C=O) groups excluding carboxylic acids is 1. The molecule has 0 saturated heterocycles. The molecule has 0 N–H and O–H groups in total. The summed E-state index contributed by atoms with van der Waals surface area (Å²) in [6.45, 7) is 5.18. The number of ether oxygens (including phenoxy) is 2. The molecule has 0 radical (unpaired) electrons. The summed E-state index contributed by atoms with van der Waals surface area (Å²) < 4.78 is 36.1. The molecule has 2 atom stereocenters. The van der Waals surface area contributed by atoms with Gasteiger partial charge in [0.1, 0.15) is 12.2 Å². The molecule has 2 aliphatic rings. The first-order valence-corrected chi connectivity index (χ1v) is 5.91. The third-order valence-corrected chi connectivity index (χ3v) is 3.26. The van der Waals surface area contributed by atoms with Gasteiger partial charge in [0.25, 0.3) is 5.92 Å². The Hall–Kier alpha value is -0.710. The molecular formula is C12H18F2O3. The van der Waals surface area contributed by atoms with Gasteiger partial charge in [0.05, 0.1) is 6.10 Å². The standard InChI is InChI=1S/C12H18F2O3/c1-11(2,3)17-10(15)6-16-7-4-8-9(5-7)12(8,13)14/h7-9H,4-6H2,1-3H3. The van der Waals surface area contributed by atoms with Gasteiger partial charge in [-0.2, -0.15) is 0 Å². The summed E-state index contributed by atoms with van der Waals surface area (Å²) in [7, 11) is 0. The van der Waals surface area contributed by atoms with E-state index in [0.717, 1.165) is 0 Å². The van der Waals surface area contributed by atoms with Crippen LogP contribution in [0.5, 0.6) is 0 Å². The summed E-state index contributed by atoms with van der Waals surface area (Å²) in [5, 5.41) is 0. The van der Waals surface area contributed by atoms with E-state index >= 15 is 0 Å². The van der Waals surface area contributed by atoms with E-state index < -0.39 is 29.3 Å². The molecule has 0 amide bonds. The van der Waals surface area contributed by atoms with Crippen LogP contribution in [-0.2, 0) is 14.3 Å². The van der Waals surface area contributed by atoms with Crippen molar-refractivity contribution in [2.75, 3.05) is 6.61 Å². The van der Waals surface area contributed by atoms with Crippen LogP contribution in [-0.4, -0.2) is 30.2 Å². The van der Waals surface area contributed by atoms with Gasteiger partial charge in [-0.05, 0) is 33.6 Å². The van der Waals surface area contributed by atoms with E-state index in [2.05, 4.69) is 0 Å². The number of carbonyl (C=O) groups is 1. The molecule has 0 aliphatic heterocycles. The highest BCUT2D eigenvalue weighted by Gasteiger charge is 2.71. The van der Waals surface area contributed by atoms with E-state index in [0.29, 0.717) is 12.8 Å². The van der Waals surface area contributed by atoms with Crippen molar-refractivity contribution in [2.24, 2.45) is 11.8 Å². The van der Waals surface area contributed by atoms with Gasteiger partial charge < -0.3 is 9.47 Å². The average molecular weight is 248 g/mol. The maximum absolute atomic E-state index is 12.9. The number of hydrogen-bond donors (Lipinski definition) is 0. The Morgan fingerprint density at radius 1 is 1.29 bits per heavy atom. The van der Waals surface area contributed by atoms with E-state index in [-0.39, 0.29) is 12.7 Å². The SMILES string of the molecule is CC(C)(C)OC(=O)COC1CC2C(C1)C2(F)F. The Kier molecular flexibility index (Phi) is 2.92. The Labute approximate surface area is 99.5 Å². The topological polar surface area (TPSA) is 35.5 Å². The van der Waals surface area contributed by atoms with Gasteiger partial charge in [0.15, 0.2) is 0 Å². The maximum Gasteiger partial charge on any atom is 0.332 e. The Bertz CT molecular complexity index is 308. The summed E-state index contributed by atoms with van der Waals surface area (Å²) in [6, 6.07) is 0. The Balaban J connectivity index is 1.67. The molecule has 2 unspecified atom stereocenters. The zero-order chi connectivity index (χ0) is 12.8. The number of rotatable bonds is 3. The van der Waals surface area contributed by atoms with Crippen LogP contribution in [0.25, 0.3) is 0 Å². The molecule has 0 heterocycles. The molecule has 98 valence electrons. The monoisotopic (exact) mass is 248 g/mol. The highest BCUT2D eigenvalue weighted by molar-refractivity contribution is 5.71. The number of alkyl halides is 2. The average Bonchev–Trinajstić information content (AvgIpc) is 2.59. The van der Waals surface area contributed by atoms with Crippen molar-refractivity contribution in [1.29, 1.82) is 0 Å². The molecule has 2 rings (SSSR count). The highest BCUT2D eigenvalue weighted by atomic mass is 19.3. The maximum atomic E-state index is 12.9. The van der Waals surface area contributed by atoms with Gasteiger partial charge in [-0.1, -0.05) is 0 Å². The van der Waals surface area contributed by atoms with Crippen LogP contribution < -0.4 is 0 Å². The fraction of sp³-hybridized carbons (Fsp3) is 0.917. The molecule has 2 saturated carbocycles. The molecule has 3 nitrogen and oxygen atoms in total. The predicted molar refractivity (Wildman–Crippen MR) is 56.7 cm³/mol. The number of hydrogen-bond acceptors (Lipinski definition) is 3. The van der Waals surface area contributed by atoms with E-state index in [1.807, 2.05) is 0 Å². The summed E-state index contributed by atoms with van der Waals surface area (Å²) in [6.07, 6.45) is 0.512. The Morgan fingerprint density at radius 2 is 1.82 bits per heavy atom. The first-order chi connectivity index (χ1) is 7.70. The predicted octanol–water partition coefficient (Wildman–Crippen LogP) is 2.39. The first kappa shape index (κ1) is 12.7. The fourth-order valence-electron chi connectivity index (χ4n) is 2.46. The van der Waals surface area contributed by atoms with Gasteiger partial charge >= 0.3 is 5.97 Å². The lowest BCUT2D eigenvalue weighted by atomic mass is 10.2. The van der Waals surface area contributed by atoms with Crippen LogP contribution >= 0.6 is 0 Å². The molecular weight excluding hydrogens is 230 g/mol. The minimum absolute atomic E-state index is 0.146. The van der Waals surface area contributed by atoms with Gasteiger partial charge in [-0.25, -0.2) is 13.6 Å². The number of fused-ring (bicyclic) bond motifs is 1. The molecule has 0 aromatic heterocycles. The van der Waals surface area contributed by atoms with Crippen molar-refractivity contribution < 1.29 is 23.0 Å². The first-order valence-electron chi connectivity index (χ1n) is 5.91. The second-order valence-corrected chi connectivity index (χ2v) is 5.88. The second-order valence-electron chi connectivity index (χ2n) is 5.88. The quantitative estimate of drug-likeness (QED) is 0.719. The number of esters is 1. The number of halogens is 2. The summed E-state index contributed by atoms with van der Waals surface area (Å²) in [5.74, 6) is -3.96. The normalized spacial score (nSPS) is 34.3. The molecule has 0 bridgehead atoms. The minimum atomic E-state index is -2.48. The van der Waals surface area contributed by atoms with Crippen molar-refractivity contribution in [3.8, 4) is 0 Å². The molecule has 17 heavy (non-hydrogen) atoms. The third kappa shape index (κ3) is 2.76. The highest BCUT2D eigenvalue weighted by Crippen LogP contribution is 2.64. The van der Waals surface area contributed by atoms with Crippen molar-refractivity contribution >= 4 is 5.97 Å². The summed E-state index contributed by atoms with van der Waals surface area (Å²) in [4.78, 5) is 11.3. The second kappa shape index (κ2) is 3.90. The van der Waals surface area contributed by atoms with Crippen LogP contribution in [0.1, 0.15) is 33.6 Å². The zero-order valence-corrected chi connectivity index (χ0v) is 10.3. The van der Waals surface area contributed by atoms with Crippen LogP contribution in [0.3, 0.4) is 0 Å². The van der Waals surface area contributed by atoms with Crippen LogP contribution in [0.2, 0.25) is 0 Å². The van der Waals surface area contributed by atoms with Crippen LogP contribution in [0.15, 0.2) is 0 Å². The van der Waals surface area contributed by atoms with Crippen molar-refractivity contribution in [1.82, 2.24) is 0 Å². The largest absolute Gasteiger partial charge is 0.458 e. The minimum Gasteiger partial charge on any atom is -0.458 e. The van der Waals surface area contributed by atoms with E-state index in [1.54, 1.807) is 20.8 Å². The smallest absolute Gasteiger partial charge is 0.332 e. The van der Waals surface area contributed by atoms with E-state index in [1.165, 1.54) is 0 Å². The van der Waals surface area contributed by atoms with Crippen molar-refractivity contribution in [2.45, 2.75) is 51.2 Å².